The minimum absolute atomic E-state index is 0.0375. The lowest BCUT2D eigenvalue weighted by molar-refractivity contribution is -0.117. The molecule has 3 aliphatic rings. The van der Waals surface area contributed by atoms with Gasteiger partial charge in [0.05, 0.1) is 11.4 Å². The second kappa shape index (κ2) is 7.52. The first-order chi connectivity index (χ1) is 14.6. The number of nitrogens with zero attached hydrogens (tertiary/aromatic N) is 2. The predicted molar refractivity (Wildman–Crippen MR) is 118 cm³/mol. The lowest BCUT2D eigenvalue weighted by Gasteiger charge is -2.16. The van der Waals surface area contributed by atoms with Gasteiger partial charge in [-0.05, 0) is 66.8 Å². The van der Waals surface area contributed by atoms with Crippen molar-refractivity contribution < 1.29 is 9.18 Å². The highest BCUT2D eigenvalue weighted by molar-refractivity contribution is 6.03. The Morgan fingerprint density at radius 2 is 1.80 bits per heavy atom. The van der Waals surface area contributed by atoms with Gasteiger partial charge in [0.15, 0.2) is 5.78 Å². The minimum Gasteiger partial charge on any atom is -0.294 e. The quantitative estimate of drug-likeness (QED) is 0.625. The summed E-state index contributed by atoms with van der Waals surface area (Å²) in [6, 6.07) is 6.33. The fourth-order valence-corrected chi connectivity index (χ4v) is 4.03. The third kappa shape index (κ3) is 3.65. The zero-order valence-corrected chi connectivity index (χ0v) is 16.7. The van der Waals surface area contributed by atoms with Gasteiger partial charge >= 0.3 is 0 Å². The summed E-state index contributed by atoms with van der Waals surface area (Å²) < 4.78 is 15.5. The van der Waals surface area contributed by atoms with Crippen molar-refractivity contribution in [2.75, 3.05) is 0 Å². The van der Waals surface area contributed by atoms with E-state index in [1.807, 2.05) is 41.0 Å². The zero-order chi connectivity index (χ0) is 20.7. The number of ketones is 1. The van der Waals surface area contributed by atoms with Gasteiger partial charge < -0.3 is 0 Å². The Morgan fingerprint density at radius 1 is 1.03 bits per heavy atom. The summed E-state index contributed by atoms with van der Waals surface area (Å²) >= 11 is 0. The third-order valence-corrected chi connectivity index (χ3v) is 5.95. The van der Waals surface area contributed by atoms with Crippen LogP contribution in [0.1, 0.15) is 42.9 Å². The molecule has 0 spiro atoms. The molecule has 0 aliphatic heterocycles. The molecule has 1 unspecified atom stereocenters. The number of imidazole rings is 1. The Morgan fingerprint density at radius 3 is 2.53 bits per heavy atom. The van der Waals surface area contributed by atoms with Crippen LogP contribution in [0.3, 0.4) is 0 Å². The maximum atomic E-state index is 13.5. The average Bonchev–Trinajstić information content (AvgIpc) is 3.52. The van der Waals surface area contributed by atoms with E-state index in [1.165, 1.54) is 25.0 Å². The first kappa shape index (κ1) is 18.7. The summed E-state index contributed by atoms with van der Waals surface area (Å²) in [5, 5.41) is 0. The van der Waals surface area contributed by atoms with Crippen molar-refractivity contribution in [2.45, 2.75) is 25.7 Å². The Hall–Kier alpha value is -3.27. The molecule has 150 valence electrons. The normalized spacial score (nSPS) is 20.3. The smallest absolute Gasteiger partial charge is 0.163 e. The number of halogens is 1. The first-order valence-electron chi connectivity index (χ1n) is 10.5. The molecule has 3 aliphatic carbocycles. The third-order valence-electron chi connectivity index (χ3n) is 5.95. The van der Waals surface area contributed by atoms with Crippen LogP contribution in [0, 0.1) is 17.7 Å². The lowest BCUT2D eigenvalue weighted by atomic mass is 9.90. The standard InChI is InChI=1S/C26H23FN2O/c1-17-2-14-23-24(15-3-17)29(22-12-10-21(27)11-13-22)26(28-23)20-9-8-19(25(30)16-20)7-6-18-4-5-18/h2-3,8-16,18-19H,1,4-7H2. The fourth-order valence-electron chi connectivity index (χ4n) is 4.03. The van der Waals surface area contributed by atoms with Crippen molar-refractivity contribution >= 4 is 23.5 Å². The van der Waals surface area contributed by atoms with Gasteiger partial charge in [-0.3, -0.25) is 9.36 Å². The summed E-state index contributed by atoms with van der Waals surface area (Å²) in [5.74, 6) is 1.30. The predicted octanol–water partition coefficient (Wildman–Crippen LogP) is 5.94. The number of fused-ring (bicyclic) bond motifs is 1. The van der Waals surface area contributed by atoms with Crippen LogP contribution in [0.2, 0.25) is 0 Å². The van der Waals surface area contributed by atoms with Crippen molar-refractivity contribution in [3.05, 3.63) is 89.8 Å². The Balaban J connectivity index is 1.55. The van der Waals surface area contributed by atoms with Crippen LogP contribution in [0.4, 0.5) is 4.39 Å². The van der Waals surface area contributed by atoms with Gasteiger partial charge in [-0.15, -0.1) is 0 Å². The van der Waals surface area contributed by atoms with Gasteiger partial charge in [-0.25, -0.2) is 9.37 Å². The second-order valence-electron chi connectivity index (χ2n) is 8.25. The zero-order valence-electron chi connectivity index (χ0n) is 16.7. The van der Waals surface area contributed by atoms with Crippen LogP contribution < -0.4 is 0 Å². The molecule has 1 saturated carbocycles. The van der Waals surface area contributed by atoms with E-state index >= 15 is 0 Å². The van der Waals surface area contributed by atoms with Gasteiger partial charge in [0.25, 0.3) is 0 Å². The van der Waals surface area contributed by atoms with Crippen molar-refractivity contribution in [1.29, 1.82) is 0 Å². The van der Waals surface area contributed by atoms with Crippen LogP contribution in [0.5, 0.6) is 0 Å². The van der Waals surface area contributed by atoms with E-state index in [0.717, 1.165) is 47.0 Å². The molecular weight excluding hydrogens is 375 g/mol. The van der Waals surface area contributed by atoms with E-state index in [1.54, 1.807) is 18.2 Å². The van der Waals surface area contributed by atoms with E-state index in [2.05, 4.69) is 6.58 Å². The van der Waals surface area contributed by atoms with E-state index in [0.29, 0.717) is 5.82 Å². The van der Waals surface area contributed by atoms with Gasteiger partial charge in [0.1, 0.15) is 11.6 Å². The number of carbonyl (C=O) groups is 1. The molecule has 3 nitrogen and oxygen atoms in total. The number of hydrogen-bond donors (Lipinski definition) is 0. The van der Waals surface area contributed by atoms with Crippen LogP contribution in [0.15, 0.2) is 66.8 Å². The maximum Gasteiger partial charge on any atom is 0.163 e. The first-order valence-corrected chi connectivity index (χ1v) is 10.5. The molecule has 1 aromatic heterocycles. The molecule has 4 heteroatoms. The highest BCUT2D eigenvalue weighted by Crippen LogP contribution is 2.36. The number of aromatic nitrogens is 2. The minimum atomic E-state index is -0.291. The van der Waals surface area contributed by atoms with Gasteiger partial charge in [0, 0.05) is 17.2 Å². The van der Waals surface area contributed by atoms with Gasteiger partial charge in [-0.1, -0.05) is 43.7 Å². The second-order valence-corrected chi connectivity index (χ2v) is 8.25. The summed E-state index contributed by atoms with van der Waals surface area (Å²) in [6.07, 6.45) is 18.1. The molecule has 0 radical (unpaired) electrons. The lowest BCUT2D eigenvalue weighted by Crippen LogP contribution is -2.14. The number of benzene rings is 1. The van der Waals surface area contributed by atoms with E-state index in [4.69, 9.17) is 4.98 Å². The van der Waals surface area contributed by atoms with E-state index in [9.17, 15) is 9.18 Å². The number of allylic oxidation sites excluding steroid dienone is 7. The van der Waals surface area contributed by atoms with Crippen molar-refractivity contribution in [3.63, 3.8) is 0 Å². The SMILES string of the molecule is C=C1C=Cc2nc(C3=CC(=O)C(CCC4CC4)C=C3)n(-c3ccc(F)cc3)c2C=C1. The summed E-state index contributed by atoms with van der Waals surface area (Å²) in [7, 11) is 0. The topological polar surface area (TPSA) is 34.9 Å². The molecule has 1 atom stereocenters. The van der Waals surface area contributed by atoms with Gasteiger partial charge in [0.2, 0.25) is 0 Å². The van der Waals surface area contributed by atoms with Crippen molar-refractivity contribution in [1.82, 2.24) is 9.55 Å². The Kier molecular flexibility index (Phi) is 4.70. The highest BCUT2D eigenvalue weighted by atomic mass is 19.1. The molecule has 0 saturated heterocycles. The van der Waals surface area contributed by atoms with Crippen LogP contribution in [0.25, 0.3) is 23.4 Å². The molecule has 1 aromatic carbocycles. The van der Waals surface area contributed by atoms with Crippen LogP contribution in [-0.4, -0.2) is 15.3 Å². The molecule has 1 heterocycles. The maximum absolute atomic E-state index is 13.5. The van der Waals surface area contributed by atoms with Crippen molar-refractivity contribution in [3.8, 4) is 5.69 Å². The Bertz CT molecular complexity index is 1140. The van der Waals surface area contributed by atoms with Crippen LogP contribution in [-0.2, 0) is 4.79 Å². The number of carbonyl (C=O) groups excluding carboxylic acids is 1. The van der Waals surface area contributed by atoms with E-state index in [-0.39, 0.29) is 17.5 Å². The molecule has 5 rings (SSSR count). The summed E-state index contributed by atoms with van der Waals surface area (Å²) in [5.41, 5.74) is 4.13. The highest BCUT2D eigenvalue weighted by Gasteiger charge is 2.27. The average molecular weight is 398 g/mol. The summed E-state index contributed by atoms with van der Waals surface area (Å²) in [6.45, 7) is 3.99. The van der Waals surface area contributed by atoms with E-state index < -0.39 is 0 Å². The molecule has 30 heavy (non-hydrogen) atoms. The van der Waals surface area contributed by atoms with Gasteiger partial charge in [-0.2, -0.15) is 0 Å². The summed E-state index contributed by atoms with van der Waals surface area (Å²) in [4.78, 5) is 17.6. The molecule has 0 amide bonds. The molecule has 0 bridgehead atoms. The van der Waals surface area contributed by atoms with Crippen LogP contribution >= 0.6 is 0 Å². The Labute approximate surface area is 175 Å². The molecular formula is C26H23FN2O. The molecule has 0 N–H and O–H groups in total. The molecule has 1 fully saturated rings. The number of rotatable bonds is 5. The number of hydrogen-bond acceptors (Lipinski definition) is 2. The largest absolute Gasteiger partial charge is 0.294 e. The monoisotopic (exact) mass is 398 g/mol. The fraction of sp³-hybridized carbons (Fsp3) is 0.231. The van der Waals surface area contributed by atoms with Crippen molar-refractivity contribution in [2.24, 2.45) is 11.8 Å². The molecule has 2 aromatic rings.